The van der Waals surface area contributed by atoms with Crippen LogP contribution in [0.25, 0.3) is 0 Å². The fraction of sp³-hybridized carbons (Fsp3) is 0.292. The summed E-state index contributed by atoms with van der Waals surface area (Å²) in [6.07, 6.45) is 3.02. The first-order valence-electron chi connectivity index (χ1n) is 9.88. The zero-order chi connectivity index (χ0) is 21.3. The van der Waals surface area contributed by atoms with E-state index >= 15 is 0 Å². The molecule has 2 aliphatic rings. The Morgan fingerprint density at radius 2 is 1.67 bits per heavy atom. The molecule has 0 aliphatic carbocycles. The number of fused-ring (bicyclic) bond motifs is 1. The highest BCUT2D eigenvalue weighted by atomic mass is 32.2. The van der Waals surface area contributed by atoms with Gasteiger partial charge in [0.1, 0.15) is 6.04 Å². The van der Waals surface area contributed by atoms with Gasteiger partial charge in [-0.05, 0) is 31.1 Å². The Hall–Kier alpha value is -2.86. The minimum absolute atomic E-state index is 0.0645. The number of hydrogen-bond donors (Lipinski definition) is 0. The molecule has 0 bridgehead atoms. The Labute approximate surface area is 180 Å². The number of hydrogen-bond acceptors (Lipinski definition) is 5. The van der Waals surface area contributed by atoms with Crippen LogP contribution in [0.1, 0.15) is 37.5 Å². The lowest BCUT2D eigenvalue weighted by atomic mass is 9.95. The van der Waals surface area contributed by atoms with Gasteiger partial charge in [-0.25, -0.2) is 4.79 Å². The summed E-state index contributed by atoms with van der Waals surface area (Å²) in [5.41, 5.74) is 1.71. The molecule has 0 spiro atoms. The molecule has 2 aromatic rings. The van der Waals surface area contributed by atoms with Gasteiger partial charge in [0.05, 0.1) is 16.5 Å². The van der Waals surface area contributed by atoms with Crippen LogP contribution in [-0.4, -0.2) is 38.7 Å². The molecule has 0 unspecified atom stereocenters. The maximum absolute atomic E-state index is 13.4. The van der Waals surface area contributed by atoms with Gasteiger partial charge in [-0.2, -0.15) is 0 Å². The number of β-lactam (4-membered cyclic amide) rings is 1. The highest BCUT2D eigenvalue weighted by molar-refractivity contribution is 8.01. The third kappa shape index (κ3) is 3.79. The lowest BCUT2D eigenvalue weighted by molar-refractivity contribution is -0.163. The molecule has 6 heteroatoms. The second-order valence-corrected chi connectivity index (χ2v) is 9.41. The predicted molar refractivity (Wildman–Crippen MR) is 116 cm³/mol. The minimum atomic E-state index is -0.778. The molecule has 1 amide bonds. The highest BCUT2D eigenvalue weighted by Gasteiger charge is 2.60. The number of amides is 1. The first-order valence-corrected chi connectivity index (χ1v) is 10.8. The van der Waals surface area contributed by atoms with Crippen molar-refractivity contribution in [3.8, 4) is 0 Å². The quantitative estimate of drug-likeness (QED) is 0.402. The van der Waals surface area contributed by atoms with E-state index in [0.717, 1.165) is 11.1 Å². The highest BCUT2D eigenvalue weighted by Crippen LogP contribution is 2.52. The largest absolute Gasteiger partial charge is 0.451 e. The molecular formula is C24H23NO4S. The zero-order valence-electron chi connectivity index (χ0n) is 16.9. The summed E-state index contributed by atoms with van der Waals surface area (Å²) in [4.78, 5) is 38.9. The number of allylic oxidation sites excluding steroid dienone is 1. The molecule has 2 heterocycles. The fourth-order valence-electron chi connectivity index (χ4n) is 3.97. The summed E-state index contributed by atoms with van der Waals surface area (Å²) in [6.45, 7) is 3.35. The molecule has 0 N–H and O–H groups in total. The van der Waals surface area contributed by atoms with E-state index in [-0.39, 0.29) is 17.1 Å². The summed E-state index contributed by atoms with van der Waals surface area (Å²) in [5.74, 6) is -0.632. The number of rotatable bonds is 6. The molecule has 0 aromatic heterocycles. The predicted octanol–water partition coefficient (Wildman–Crippen LogP) is 3.90. The summed E-state index contributed by atoms with van der Waals surface area (Å²) in [6, 6.07) is 18.3. The van der Waals surface area contributed by atoms with Gasteiger partial charge >= 0.3 is 5.97 Å². The Balaban J connectivity index is 1.67. The third-order valence-electron chi connectivity index (χ3n) is 5.47. The maximum Gasteiger partial charge on any atom is 0.331 e. The van der Waals surface area contributed by atoms with Crippen molar-refractivity contribution in [2.75, 3.05) is 0 Å². The molecule has 2 aromatic carbocycles. The van der Waals surface area contributed by atoms with Crippen LogP contribution in [-0.2, 0) is 19.1 Å². The molecule has 0 radical (unpaired) electrons. The number of ketones is 1. The van der Waals surface area contributed by atoms with Crippen LogP contribution >= 0.6 is 11.8 Å². The molecule has 2 fully saturated rings. The topological polar surface area (TPSA) is 63.7 Å². The molecule has 3 atom stereocenters. The van der Waals surface area contributed by atoms with Crippen LogP contribution < -0.4 is 0 Å². The molecule has 2 aliphatic heterocycles. The van der Waals surface area contributed by atoms with Gasteiger partial charge < -0.3 is 9.64 Å². The Bertz CT molecular complexity index is 951. The maximum atomic E-state index is 13.4. The molecule has 0 saturated carbocycles. The number of carbonyl (C=O) groups excluding carboxylic acids is 3. The molecule has 2 saturated heterocycles. The van der Waals surface area contributed by atoms with E-state index in [0.29, 0.717) is 6.42 Å². The average molecular weight is 422 g/mol. The van der Waals surface area contributed by atoms with Crippen molar-refractivity contribution in [3.05, 3.63) is 83.9 Å². The summed E-state index contributed by atoms with van der Waals surface area (Å²) in [5, 5.41) is -0.0661. The zero-order valence-corrected chi connectivity index (χ0v) is 17.7. The first kappa shape index (κ1) is 20.4. The number of ether oxygens (including phenoxy) is 1. The third-order valence-corrected chi connectivity index (χ3v) is 7.00. The second-order valence-electron chi connectivity index (χ2n) is 7.75. The van der Waals surface area contributed by atoms with E-state index in [1.165, 1.54) is 24.8 Å². The van der Waals surface area contributed by atoms with E-state index in [1.807, 2.05) is 67.6 Å². The molecular weight excluding hydrogens is 398 g/mol. The van der Waals surface area contributed by atoms with Crippen molar-refractivity contribution in [2.24, 2.45) is 0 Å². The number of benzene rings is 2. The van der Waals surface area contributed by atoms with Crippen LogP contribution in [0, 0.1) is 0 Å². The van der Waals surface area contributed by atoms with Gasteiger partial charge in [0.2, 0.25) is 5.91 Å². The standard InChI is InChI=1S/C24H23NO4S/c1-16(26)13-14-24(2)22(25-19(27)15-20(25)30-24)23(28)29-21(17-9-5-3-6-10-17)18-11-7-4-8-12-18/h3-14,20-22H,15H2,1-2H3/b14-13+/t20-,22+,24+/m1/s1. The van der Waals surface area contributed by atoms with E-state index < -0.39 is 22.9 Å². The minimum Gasteiger partial charge on any atom is -0.451 e. The summed E-state index contributed by atoms with van der Waals surface area (Å²) < 4.78 is 5.32. The molecule has 4 rings (SSSR count). The molecule has 5 nitrogen and oxygen atoms in total. The van der Waals surface area contributed by atoms with Gasteiger partial charge in [0.15, 0.2) is 11.9 Å². The normalized spacial score (nSPS) is 25.3. The van der Waals surface area contributed by atoms with Crippen LogP contribution in [0.15, 0.2) is 72.8 Å². The van der Waals surface area contributed by atoms with E-state index in [1.54, 1.807) is 11.0 Å². The van der Waals surface area contributed by atoms with Crippen LogP contribution in [0.5, 0.6) is 0 Å². The van der Waals surface area contributed by atoms with Crippen molar-refractivity contribution in [1.82, 2.24) is 4.90 Å². The SMILES string of the molecule is CC(=O)/C=C/[C@]1(C)S[C@@H]2CC(=O)N2[C@H]1C(=O)OC(c1ccccc1)c1ccccc1. The van der Waals surface area contributed by atoms with Crippen molar-refractivity contribution >= 4 is 29.4 Å². The van der Waals surface area contributed by atoms with Crippen molar-refractivity contribution in [1.29, 1.82) is 0 Å². The lowest BCUT2D eigenvalue weighted by Crippen LogP contribution is -2.57. The Morgan fingerprint density at radius 1 is 1.10 bits per heavy atom. The van der Waals surface area contributed by atoms with Crippen molar-refractivity contribution in [3.63, 3.8) is 0 Å². The average Bonchev–Trinajstić information content (AvgIpc) is 2.99. The van der Waals surface area contributed by atoms with Crippen molar-refractivity contribution in [2.45, 2.75) is 42.5 Å². The lowest BCUT2D eigenvalue weighted by Gasteiger charge is -2.38. The number of thioether (sulfide) groups is 1. The van der Waals surface area contributed by atoms with Gasteiger partial charge in [0.25, 0.3) is 0 Å². The fourth-order valence-corrected chi connectivity index (χ4v) is 5.62. The molecule has 30 heavy (non-hydrogen) atoms. The second kappa shape index (κ2) is 8.11. The number of nitrogens with zero attached hydrogens (tertiary/aromatic N) is 1. The summed E-state index contributed by atoms with van der Waals surface area (Å²) >= 11 is 1.53. The van der Waals surface area contributed by atoms with Gasteiger partial charge in [-0.3, -0.25) is 9.59 Å². The monoisotopic (exact) mass is 421 g/mol. The van der Waals surface area contributed by atoms with Crippen LogP contribution in [0.2, 0.25) is 0 Å². The van der Waals surface area contributed by atoms with E-state index in [4.69, 9.17) is 4.74 Å². The first-order chi connectivity index (χ1) is 14.4. The van der Waals surface area contributed by atoms with E-state index in [2.05, 4.69) is 0 Å². The molecule has 154 valence electrons. The Kier molecular flexibility index (Phi) is 5.52. The van der Waals surface area contributed by atoms with Crippen LogP contribution in [0.4, 0.5) is 0 Å². The van der Waals surface area contributed by atoms with Crippen molar-refractivity contribution < 1.29 is 19.1 Å². The van der Waals surface area contributed by atoms with Gasteiger partial charge in [-0.15, -0.1) is 11.8 Å². The van der Waals surface area contributed by atoms with Gasteiger partial charge in [0, 0.05) is 0 Å². The Morgan fingerprint density at radius 3 is 2.17 bits per heavy atom. The van der Waals surface area contributed by atoms with Crippen LogP contribution in [0.3, 0.4) is 0 Å². The smallest absolute Gasteiger partial charge is 0.331 e. The van der Waals surface area contributed by atoms with E-state index in [9.17, 15) is 14.4 Å². The number of carbonyl (C=O) groups is 3. The summed E-state index contributed by atoms with van der Waals surface area (Å²) in [7, 11) is 0. The van der Waals surface area contributed by atoms with Gasteiger partial charge in [-0.1, -0.05) is 66.7 Å². The number of esters is 1.